The lowest BCUT2D eigenvalue weighted by Crippen LogP contribution is -2.31. The number of nitrogens with zero attached hydrogens (tertiary/aromatic N) is 3. The van der Waals surface area contributed by atoms with Crippen molar-refractivity contribution >= 4 is 5.82 Å². The molecule has 1 fully saturated rings. The van der Waals surface area contributed by atoms with Crippen molar-refractivity contribution in [2.45, 2.75) is 31.7 Å². The Kier molecular flexibility index (Phi) is 2.69. The standard InChI is InChI=1S/C16H16FN3/c17-14-4-3-13-10-20(8-6-12(13)9-14)15-5-7-18-16(19-15)11-1-2-11/h3-5,7,9,11H,1-2,6,8,10H2. The van der Waals surface area contributed by atoms with Gasteiger partial charge in [-0.2, -0.15) is 0 Å². The number of hydrogen-bond acceptors (Lipinski definition) is 3. The van der Waals surface area contributed by atoms with Crippen molar-refractivity contribution in [1.29, 1.82) is 0 Å². The maximum atomic E-state index is 13.2. The lowest BCUT2D eigenvalue weighted by Gasteiger charge is -2.29. The van der Waals surface area contributed by atoms with E-state index in [1.54, 1.807) is 6.07 Å². The van der Waals surface area contributed by atoms with Crippen LogP contribution in [0.25, 0.3) is 0 Å². The van der Waals surface area contributed by atoms with Crippen molar-refractivity contribution in [2.75, 3.05) is 11.4 Å². The first-order valence-corrected chi connectivity index (χ1v) is 7.15. The second-order valence-electron chi connectivity index (χ2n) is 5.63. The van der Waals surface area contributed by atoms with Gasteiger partial charge in [0.15, 0.2) is 0 Å². The molecule has 2 heterocycles. The molecule has 1 aromatic heterocycles. The number of rotatable bonds is 2. The molecule has 1 aliphatic carbocycles. The number of fused-ring (bicyclic) bond motifs is 1. The van der Waals surface area contributed by atoms with E-state index in [4.69, 9.17) is 0 Å². The molecule has 3 nitrogen and oxygen atoms in total. The zero-order valence-corrected chi connectivity index (χ0v) is 11.2. The largest absolute Gasteiger partial charge is 0.352 e. The summed E-state index contributed by atoms with van der Waals surface area (Å²) in [4.78, 5) is 11.3. The number of hydrogen-bond donors (Lipinski definition) is 0. The van der Waals surface area contributed by atoms with Crippen LogP contribution in [0.3, 0.4) is 0 Å². The highest BCUT2D eigenvalue weighted by atomic mass is 19.1. The van der Waals surface area contributed by atoms with E-state index in [0.29, 0.717) is 5.92 Å². The third-order valence-electron chi connectivity index (χ3n) is 4.11. The van der Waals surface area contributed by atoms with E-state index in [2.05, 4.69) is 14.9 Å². The van der Waals surface area contributed by atoms with E-state index in [1.807, 2.05) is 18.3 Å². The zero-order chi connectivity index (χ0) is 13.5. The van der Waals surface area contributed by atoms with E-state index in [1.165, 1.54) is 24.5 Å². The monoisotopic (exact) mass is 269 g/mol. The molecule has 20 heavy (non-hydrogen) atoms. The van der Waals surface area contributed by atoms with Crippen molar-refractivity contribution in [3.05, 3.63) is 53.2 Å². The number of aromatic nitrogens is 2. The number of benzene rings is 1. The van der Waals surface area contributed by atoms with Crippen molar-refractivity contribution in [2.24, 2.45) is 0 Å². The van der Waals surface area contributed by atoms with Crippen LogP contribution in [0.15, 0.2) is 30.5 Å². The van der Waals surface area contributed by atoms with Gasteiger partial charge in [0.25, 0.3) is 0 Å². The van der Waals surface area contributed by atoms with Gasteiger partial charge in [0.05, 0.1) is 0 Å². The molecule has 0 atom stereocenters. The molecular formula is C16H16FN3. The molecule has 4 heteroatoms. The molecule has 0 unspecified atom stereocenters. The summed E-state index contributed by atoms with van der Waals surface area (Å²) >= 11 is 0. The zero-order valence-electron chi connectivity index (χ0n) is 11.2. The lowest BCUT2D eigenvalue weighted by atomic mass is 10.00. The maximum absolute atomic E-state index is 13.2. The van der Waals surface area contributed by atoms with Gasteiger partial charge in [0.1, 0.15) is 17.5 Å². The molecule has 2 aromatic rings. The Morgan fingerprint density at radius 3 is 2.90 bits per heavy atom. The smallest absolute Gasteiger partial charge is 0.133 e. The summed E-state index contributed by atoms with van der Waals surface area (Å²) in [7, 11) is 0. The normalized spacial score (nSPS) is 17.9. The van der Waals surface area contributed by atoms with Crippen LogP contribution in [0.2, 0.25) is 0 Å². The molecule has 1 aliphatic heterocycles. The lowest BCUT2D eigenvalue weighted by molar-refractivity contribution is 0.618. The summed E-state index contributed by atoms with van der Waals surface area (Å²) in [5, 5.41) is 0. The molecule has 102 valence electrons. The Morgan fingerprint density at radius 1 is 1.15 bits per heavy atom. The fraction of sp³-hybridized carbons (Fsp3) is 0.375. The minimum atomic E-state index is -0.143. The molecule has 0 N–H and O–H groups in total. The first-order chi connectivity index (χ1) is 9.79. The van der Waals surface area contributed by atoms with E-state index in [9.17, 15) is 4.39 Å². The average molecular weight is 269 g/mol. The summed E-state index contributed by atoms with van der Waals surface area (Å²) in [6, 6.07) is 7.06. The highest BCUT2D eigenvalue weighted by molar-refractivity contribution is 5.44. The molecule has 0 spiro atoms. The third-order valence-corrected chi connectivity index (χ3v) is 4.11. The van der Waals surface area contributed by atoms with Gasteiger partial charge in [-0.1, -0.05) is 6.07 Å². The molecule has 1 aromatic carbocycles. The summed E-state index contributed by atoms with van der Waals surface area (Å²) < 4.78 is 13.2. The Balaban J connectivity index is 1.61. The van der Waals surface area contributed by atoms with Gasteiger partial charge in [0, 0.05) is 25.2 Å². The molecule has 0 bridgehead atoms. The molecule has 0 saturated heterocycles. The van der Waals surface area contributed by atoms with Gasteiger partial charge in [-0.05, 0) is 48.6 Å². The van der Waals surface area contributed by atoms with Crippen LogP contribution >= 0.6 is 0 Å². The Hall–Kier alpha value is -1.97. The quantitative estimate of drug-likeness (QED) is 0.839. The minimum Gasteiger partial charge on any atom is -0.352 e. The maximum Gasteiger partial charge on any atom is 0.133 e. The molecular weight excluding hydrogens is 253 g/mol. The highest BCUT2D eigenvalue weighted by Crippen LogP contribution is 2.38. The van der Waals surface area contributed by atoms with E-state index < -0.39 is 0 Å². The summed E-state index contributed by atoms with van der Waals surface area (Å²) in [5.41, 5.74) is 2.32. The van der Waals surface area contributed by atoms with E-state index in [0.717, 1.165) is 36.7 Å². The highest BCUT2D eigenvalue weighted by Gasteiger charge is 2.27. The predicted octanol–water partition coefficient (Wildman–Crippen LogP) is 3.06. The molecule has 0 amide bonds. The van der Waals surface area contributed by atoms with Gasteiger partial charge in [-0.15, -0.1) is 0 Å². The van der Waals surface area contributed by atoms with Crippen LogP contribution in [0.1, 0.15) is 35.7 Å². The Morgan fingerprint density at radius 2 is 2.05 bits per heavy atom. The van der Waals surface area contributed by atoms with Gasteiger partial charge >= 0.3 is 0 Å². The topological polar surface area (TPSA) is 29.0 Å². The van der Waals surface area contributed by atoms with Crippen molar-refractivity contribution < 1.29 is 4.39 Å². The number of halogens is 1. The van der Waals surface area contributed by atoms with Gasteiger partial charge in [-0.3, -0.25) is 0 Å². The van der Waals surface area contributed by atoms with Crippen LogP contribution < -0.4 is 4.90 Å². The summed E-state index contributed by atoms with van der Waals surface area (Å²) in [5.74, 6) is 2.40. The Bertz CT molecular complexity index is 652. The molecule has 1 saturated carbocycles. The van der Waals surface area contributed by atoms with Crippen LogP contribution in [0.5, 0.6) is 0 Å². The van der Waals surface area contributed by atoms with Crippen LogP contribution in [-0.4, -0.2) is 16.5 Å². The van der Waals surface area contributed by atoms with E-state index >= 15 is 0 Å². The molecule has 0 radical (unpaired) electrons. The minimum absolute atomic E-state index is 0.143. The fourth-order valence-corrected chi connectivity index (χ4v) is 2.80. The Labute approximate surface area is 117 Å². The molecule has 4 rings (SSSR count). The second kappa shape index (κ2) is 4.54. The van der Waals surface area contributed by atoms with Crippen molar-refractivity contribution in [3.8, 4) is 0 Å². The van der Waals surface area contributed by atoms with Crippen molar-refractivity contribution in [1.82, 2.24) is 9.97 Å². The van der Waals surface area contributed by atoms with Gasteiger partial charge in [0.2, 0.25) is 0 Å². The molecule has 2 aliphatic rings. The first-order valence-electron chi connectivity index (χ1n) is 7.15. The number of anilines is 1. The fourth-order valence-electron chi connectivity index (χ4n) is 2.80. The van der Waals surface area contributed by atoms with Gasteiger partial charge in [-0.25, -0.2) is 14.4 Å². The SMILES string of the molecule is Fc1ccc2c(c1)CCN(c1ccnc(C3CC3)n1)C2. The predicted molar refractivity (Wildman–Crippen MR) is 75.2 cm³/mol. The third kappa shape index (κ3) is 2.15. The summed E-state index contributed by atoms with van der Waals surface area (Å²) in [6.45, 7) is 1.69. The van der Waals surface area contributed by atoms with Crippen LogP contribution in [0.4, 0.5) is 10.2 Å². The van der Waals surface area contributed by atoms with Crippen LogP contribution in [-0.2, 0) is 13.0 Å². The van der Waals surface area contributed by atoms with Crippen molar-refractivity contribution in [3.63, 3.8) is 0 Å². The second-order valence-corrected chi connectivity index (χ2v) is 5.63. The first kappa shape index (κ1) is 11.8. The van der Waals surface area contributed by atoms with E-state index in [-0.39, 0.29) is 5.82 Å². The average Bonchev–Trinajstić information content (AvgIpc) is 3.31. The van der Waals surface area contributed by atoms with Crippen LogP contribution in [0, 0.1) is 5.82 Å². The van der Waals surface area contributed by atoms with Gasteiger partial charge < -0.3 is 4.90 Å². The summed E-state index contributed by atoms with van der Waals surface area (Å²) in [6.07, 6.45) is 5.16.